The van der Waals surface area contributed by atoms with Crippen molar-refractivity contribution in [3.8, 4) is 5.69 Å². The Kier molecular flexibility index (Phi) is 9.27. The fourth-order valence-electron chi connectivity index (χ4n) is 5.63. The zero-order chi connectivity index (χ0) is 29.0. The SMILES string of the molecule is CCN(Cc1ccc(-n2ccc(NC(=O)N3CCN(C(=O)C(C)(C)N)[C@H](C)C3)nc2=O)cc1)C1CCC(N)CC1. The second-order valence-corrected chi connectivity index (χ2v) is 11.7. The van der Waals surface area contributed by atoms with Crippen LogP contribution < -0.4 is 22.5 Å². The molecular weight excluding hydrogens is 508 g/mol. The molecule has 2 heterocycles. The van der Waals surface area contributed by atoms with Gasteiger partial charge in [-0.2, -0.15) is 4.98 Å². The molecule has 1 saturated carbocycles. The molecule has 40 heavy (non-hydrogen) atoms. The quantitative estimate of drug-likeness (QED) is 0.477. The third-order valence-electron chi connectivity index (χ3n) is 8.03. The van der Waals surface area contributed by atoms with E-state index in [1.54, 1.807) is 35.9 Å². The number of nitrogens with zero attached hydrogens (tertiary/aromatic N) is 5. The molecule has 2 aliphatic rings. The monoisotopic (exact) mass is 552 g/mol. The van der Waals surface area contributed by atoms with Crippen molar-refractivity contribution in [2.75, 3.05) is 31.5 Å². The van der Waals surface area contributed by atoms with Crippen LogP contribution in [0.25, 0.3) is 5.69 Å². The molecule has 1 saturated heterocycles. The second kappa shape index (κ2) is 12.5. The van der Waals surface area contributed by atoms with Gasteiger partial charge in [0.15, 0.2) is 0 Å². The predicted octanol–water partition coefficient (Wildman–Crippen LogP) is 2.13. The molecule has 0 bridgehead atoms. The zero-order valence-electron chi connectivity index (χ0n) is 24.2. The largest absolute Gasteiger partial charge is 0.354 e. The number of carbonyl (C=O) groups excluding carboxylic acids is 2. The Morgan fingerprint density at radius 2 is 1.77 bits per heavy atom. The van der Waals surface area contributed by atoms with E-state index < -0.39 is 11.2 Å². The topological polar surface area (TPSA) is 143 Å². The number of carbonyl (C=O) groups is 2. The van der Waals surface area contributed by atoms with Crippen LogP contribution in [0.5, 0.6) is 0 Å². The van der Waals surface area contributed by atoms with Crippen LogP contribution in [0.4, 0.5) is 10.6 Å². The van der Waals surface area contributed by atoms with Crippen molar-refractivity contribution in [2.45, 2.75) is 83.6 Å². The van der Waals surface area contributed by atoms with Crippen LogP contribution in [0.15, 0.2) is 41.3 Å². The van der Waals surface area contributed by atoms with Crippen molar-refractivity contribution >= 4 is 17.8 Å². The molecule has 2 fully saturated rings. The van der Waals surface area contributed by atoms with Crippen molar-refractivity contribution in [1.29, 1.82) is 0 Å². The molecule has 0 unspecified atom stereocenters. The fraction of sp³-hybridized carbons (Fsp3) is 0.586. The van der Waals surface area contributed by atoms with Gasteiger partial charge in [-0.3, -0.25) is 19.6 Å². The number of hydrogen-bond donors (Lipinski definition) is 3. The molecule has 3 amide bonds. The van der Waals surface area contributed by atoms with Crippen LogP contribution in [0.2, 0.25) is 0 Å². The molecule has 11 heteroatoms. The Bertz CT molecular complexity index is 1230. The van der Waals surface area contributed by atoms with Crippen molar-refractivity contribution in [1.82, 2.24) is 24.3 Å². The summed E-state index contributed by atoms with van der Waals surface area (Å²) in [5.41, 5.74) is 12.5. The minimum atomic E-state index is -0.966. The molecular formula is C29H44N8O3. The first-order valence-corrected chi connectivity index (χ1v) is 14.3. The lowest BCUT2D eigenvalue weighted by Gasteiger charge is -2.42. The number of amides is 3. The lowest BCUT2D eigenvalue weighted by Crippen LogP contribution is -2.61. The van der Waals surface area contributed by atoms with Gasteiger partial charge in [0.25, 0.3) is 0 Å². The minimum absolute atomic E-state index is 0.143. The molecule has 0 radical (unpaired) electrons. The first-order chi connectivity index (χ1) is 19.0. The predicted molar refractivity (Wildman–Crippen MR) is 156 cm³/mol. The highest BCUT2D eigenvalue weighted by atomic mass is 16.2. The van der Waals surface area contributed by atoms with E-state index in [-0.39, 0.29) is 23.8 Å². The molecule has 1 aromatic heterocycles. The van der Waals surface area contributed by atoms with Crippen LogP contribution in [-0.2, 0) is 11.3 Å². The maximum absolute atomic E-state index is 12.9. The normalized spacial score (nSPS) is 21.9. The van der Waals surface area contributed by atoms with Gasteiger partial charge in [0.1, 0.15) is 5.82 Å². The number of urea groups is 1. The van der Waals surface area contributed by atoms with Gasteiger partial charge in [0.2, 0.25) is 5.91 Å². The molecule has 5 N–H and O–H groups in total. The average molecular weight is 553 g/mol. The van der Waals surface area contributed by atoms with Crippen LogP contribution in [0.1, 0.15) is 58.9 Å². The third-order valence-corrected chi connectivity index (χ3v) is 8.03. The maximum Gasteiger partial charge on any atom is 0.354 e. The van der Waals surface area contributed by atoms with E-state index >= 15 is 0 Å². The minimum Gasteiger partial charge on any atom is -0.335 e. The van der Waals surface area contributed by atoms with Gasteiger partial charge in [0.05, 0.1) is 11.2 Å². The van der Waals surface area contributed by atoms with E-state index in [0.29, 0.717) is 37.4 Å². The third kappa shape index (κ3) is 7.07. The van der Waals surface area contributed by atoms with Crippen molar-refractivity contribution in [3.63, 3.8) is 0 Å². The molecule has 1 aliphatic heterocycles. The van der Waals surface area contributed by atoms with Crippen LogP contribution in [0.3, 0.4) is 0 Å². The molecule has 1 atom stereocenters. The number of nitrogens with two attached hydrogens (primary N) is 2. The Morgan fingerprint density at radius 1 is 1.10 bits per heavy atom. The number of hydrogen-bond acceptors (Lipinski definition) is 7. The highest BCUT2D eigenvalue weighted by Crippen LogP contribution is 2.24. The number of rotatable bonds is 7. The van der Waals surface area contributed by atoms with Gasteiger partial charge in [-0.15, -0.1) is 0 Å². The highest BCUT2D eigenvalue weighted by molar-refractivity contribution is 5.89. The number of aromatic nitrogens is 2. The molecule has 2 aromatic rings. The van der Waals surface area contributed by atoms with Gasteiger partial charge in [-0.05, 0) is 76.8 Å². The van der Waals surface area contributed by atoms with Crippen molar-refractivity contribution < 1.29 is 9.59 Å². The molecule has 11 nitrogen and oxygen atoms in total. The van der Waals surface area contributed by atoms with Crippen molar-refractivity contribution in [3.05, 3.63) is 52.6 Å². The smallest absolute Gasteiger partial charge is 0.335 e. The lowest BCUT2D eigenvalue weighted by atomic mass is 9.90. The van der Waals surface area contributed by atoms with Gasteiger partial charge in [-0.1, -0.05) is 19.1 Å². The van der Waals surface area contributed by atoms with Gasteiger partial charge in [-0.25, -0.2) is 9.59 Å². The van der Waals surface area contributed by atoms with Crippen LogP contribution in [-0.4, -0.2) is 86.0 Å². The van der Waals surface area contributed by atoms with E-state index in [1.807, 2.05) is 31.2 Å². The summed E-state index contributed by atoms with van der Waals surface area (Å²) in [7, 11) is 0. The number of piperazine rings is 1. The van der Waals surface area contributed by atoms with Gasteiger partial charge < -0.3 is 21.3 Å². The molecule has 0 spiro atoms. The summed E-state index contributed by atoms with van der Waals surface area (Å²) in [6.45, 7) is 10.4. The van der Waals surface area contributed by atoms with Gasteiger partial charge >= 0.3 is 11.7 Å². The molecule has 1 aliphatic carbocycles. The van der Waals surface area contributed by atoms with E-state index in [4.69, 9.17) is 11.5 Å². The zero-order valence-corrected chi connectivity index (χ0v) is 24.2. The Morgan fingerprint density at radius 3 is 2.35 bits per heavy atom. The van der Waals surface area contributed by atoms with E-state index in [2.05, 4.69) is 22.1 Å². The molecule has 218 valence electrons. The van der Waals surface area contributed by atoms with E-state index in [9.17, 15) is 14.4 Å². The fourth-order valence-corrected chi connectivity index (χ4v) is 5.63. The summed E-state index contributed by atoms with van der Waals surface area (Å²) in [4.78, 5) is 48.2. The Labute approximate surface area is 236 Å². The summed E-state index contributed by atoms with van der Waals surface area (Å²) in [6.07, 6.45) is 6.05. The number of benzene rings is 1. The van der Waals surface area contributed by atoms with E-state index in [1.165, 1.54) is 10.1 Å². The maximum atomic E-state index is 12.9. The standard InChI is InChI=1S/C29H44N8O3/c1-5-34(23-12-8-22(30)9-13-23)19-21-6-10-24(11-7-21)37-15-14-25(33-28(37)40)32-27(39)35-16-17-36(20(2)18-35)26(38)29(3,4)31/h6-7,10-11,14-15,20,22-23H,5,8-9,12-13,16-19,30-31H2,1-4H3,(H,32,33,39,40)/t20-,22?,23?/m1/s1. The highest BCUT2D eigenvalue weighted by Gasteiger charge is 2.35. The molecule has 1 aromatic carbocycles. The summed E-state index contributed by atoms with van der Waals surface area (Å²) in [5.74, 6) is 0.0402. The van der Waals surface area contributed by atoms with Crippen LogP contribution >= 0.6 is 0 Å². The van der Waals surface area contributed by atoms with Crippen molar-refractivity contribution in [2.24, 2.45) is 11.5 Å². The second-order valence-electron chi connectivity index (χ2n) is 11.7. The summed E-state index contributed by atoms with van der Waals surface area (Å²) in [6, 6.07) is 9.91. The van der Waals surface area contributed by atoms with Crippen LogP contribution in [0, 0.1) is 0 Å². The summed E-state index contributed by atoms with van der Waals surface area (Å²) < 4.78 is 1.46. The van der Waals surface area contributed by atoms with Gasteiger partial charge in [0, 0.05) is 50.5 Å². The Hall–Kier alpha value is -3.28. The first kappa shape index (κ1) is 29.7. The summed E-state index contributed by atoms with van der Waals surface area (Å²) in [5, 5.41) is 2.72. The van der Waals surface area contributed by atoms with E-state index in [0.717, 1.165) is 38.8 Å². The first-order valence-electron chi connectivity index (χ1n) is 14.3. The Balaban J connectivity index is 1.35. The average Bonchev–Trinajstić information content (AvgIpc) is 2.92. The molecule has 4 rings (SSSR count). The lowest BCUT2D eigenvalue weighted by molar-refractivity contribution is -0.139. The number of nitrogens with one attached hydrogen (secondary N) is 1. The summed E-state index contributed by atoms with van der Waals surface area (Å²) >= 11 is 0. The number of anilines is 1.